The third-order valence-corrected chi connectivity index (χ3v) is 5.31. The number of nitrogens with zero attached hydrogens (tertiary/aromatic N) is 2. The molecule has 9 nitrogen and oxygen atoms in total. The predicted molar refractivity (Wildman–Crippen MR) is 133 cm³/mol. The zero-order valence-electron chi connectivity index (χ0n) is 20.3. The van der Waals surface area contributed by atoms with Crippen molar-refractivity contribution in [1.29, 1.82) is 0 Å². The molecule has 0 saturated carbocycles. The largest absolute Gasteiger partial charge is 0.496 e. The van der Waals surface area contributed by atoms with Crippen LogP contribution in [0.15, 0.2) is 55.0 Å². The van der Waals surface area contributed by atoms with Gasteiger partial charge in [-0.3, -0.25) is 14.8 Å². The van der Waals surface area contributed by atoms with Crippen molar-refractivity contribution in [3.8, 4) is 28.7 Å². The molecule has 2 heterocycles. The Bertz CT molecular complexity index is 1410. The van der Waals surface area contributed by atoms with Gasteiger partial charge in [-0.15, -0.1) is 0 Å². The van der Waals surface area contributed by atoms with E-state index in [0.29, 0.717) is 35.6 Å². The third-order valence-electron chi connectivity index (χ3n) is 5.31. The van der Waals surface area contributed by atoms with Gasteiger partial charge >= 0.3 is 0 Å². The summed E-state index contributed by atoms with van der Waals surface area (Å²) in [4.78, 5) is 20.8. The predicted octanol–water partition coefficient (Wildman–Crippen LogP) is 4.57. The molecule has 0 radical (unpaired) electrons. The van der Waals surface area contributed by atoms with Gasteiger partial charge in [-0.25, -0.2) is 8.78 Å². The number of carbonyl (C=O) groups is 1. The van der Waals surface area contributed by atoms with E-state index in [-0.39, 0.29) is 22.7 Å². The number of rotatable bonds is 10. The molecule has 1 amide bonds. The van der Waals surface area contributed by atoms with Gasteiger partial charge in [0.25, 0.3) is 5.91 Å². The summed E-state index contributed by atoms with van der Waals surface area (Å²) < 4.78 is 51.8. The van der Waals surface area contributed by atoms with Crippen LogP contribution in [0.3, 0.4) is 0 Å². The summed E-state index contributed by atoms with van der Waals surface area (Å²) in [5.74, 6) is -2.02. The highest BCUT2D eigenvalue weighted by Gasteiger charge is 2.19. The first-order chi connectivity index (χ1) is 17.9. The summed E-state index contributed by atoms with van der Waals surface area (Å²) >= 11 is 0. The first-order valence-corrected chi connectivity index (χ1v) is 11.2. The molecule has 0 aliphatic rings. The molecule has 11 heteroatoms. The molecular weight excluding hydrogens is 486 g/mol. The van der Waals surface area contributed by atoms with Crippen LogP contribution in [-0.2, 0) is 0 Å². The lowest BCUT2D eigenvalue weighted by Gasteiger charge is -2.15. The first kappa shape index (κ1) is 25.6. The lowest BCUT2D eigenvalue weighted by molar-refractivity contribution is 0.102. The van der Waals surface area contributed by atoms with Gasteiger partial charge < -0.3 is 29.6 Å². The van der Waals surface area contributed by atoms with Crippen molar-refractivity contribution in [1.82, 2.24) is 15.3 Å². The number of benzene rings is 2. The van der Waals surface area contributed by atoms with Crippen LogP contribution < -0.4 is 29.6 Å². The van der Waals surface area contributed by atoms with Crippen molar-refractivity contribution < 1.29 is 32.5 Å². The van der Waals surface area contributed by atoms with Gasteiger partial charge in [0.2, 0.25) is 0 Å². The Morgan fingerprint density at radius 2 is 1.68 bits per heavy atom. The van der Waals surface area contributed by atoms with E-state index >= 15 is 0 Å². The fraction of sp³-hybridized carbons (Fsp3) is 0.192. The van der Waals surface area contributed by atoms with E-state index in [9.17, 15) is 13.6 Å². The molecule has 2 aromatic carbocycles. The van der Waals surface area contributed by atoms with Crippen LogP contribution in [0.4, 0.5) is 14.5 Å². The van der Waals surface area contributed by atoms with Crippen LogP contribution in [-0.4, -0.2) is 50.3 Å². The summed E-state index contributed by atoms with van der Waals surface area (Å²) in [6.07, 6.45) is 4.20. The van der Waals surface area contributed by atoms with Gasteiger partial charge in [-0.2, -0.15) is 0 Å². The van der Waals surface area contributed by atoms with E-state index in [1.165, 1.54) is 44.9 Å². The van der Waals surface area contributed by atoms with Crippen molar-refractivity contribution in [2.45, 2.75) is 0 Å². The van der Waals surface area contributed by atoms with Crippen LogP contribution in [0.5, 0.6) is 28.7 Å². The number of nitrogens with one attached hydrogen (secondary N) is 2. The van der Waals surface area contributed by atoms with E-state index in [4.69, 9.17) is 18.9 Å². The number of ether oxygens (including phenoxy) is 4. The molecule has 0 aliphatic heterocycles. The molecule has 37 heavy (non-hydrogen) atoms. The summed E-state index contributed by atoms with van der Waals surface area (Å²) in [7, 11) is 4.69. The quantitative estimate of drug-likeness (QED) is 0.299. The van der Waals surface area contributed by atoms with Crippen molar-refractivity contribution in [3.05, 3.63) is 72.2 Å². The molecule has 0 aliphatic carbocycles. The molecule has 0 spiro atoms. The first-order valence-electron chi connectivity index (χ1n) is 11.2. The zero-order valence-corrected chi connectivity index (χ0v) is 20.3. The molecule has 2 N–H and O–H groups in total. The van der Waals surface area contributed by atoms with Crippen LogP contribution in [0.2, 0.25) is 0 Å². The maximum Gasteiger partial charge on any atom is 0.261 e. The normalized spacial score (nSPS) is 10.7. The van der Waals surface area contributed by atoms with Crippen molar-refractivity contribution in [3.63, 3.8) is 0 Å². The van der Waals surface area contributed by atoms with Crippen molar-refractivity contribution in [2.75, 3.05) is 39.7 Å². The van der Waals surface area contributed by atoms with E-state index in [1.54, 1.807) is 12.1 Å². The number of methoxy groups -OCH3 is 2. The Morgan fingerprint density at radius 3 is 2.38 bits per heavy atom. The average molecular weight is 510 g/mol. The van der Waals surface area contributed by atoms with Gasteiger partial charge in [0.05, 0.1) is 25.3 Å². The van der Waals surface area contributed by atoms with Crippen LogP contribution in [0, 0.1) is 11.6 Å². The lowest BCUT2D eigenvalue weighted by Crippen LogP contribution is -2.16. The lowest BCUT2D eigenvalue weighted by atomic mass is 10.1. The number of aromatic nitrogens is 2. The molecule has 0 bridgehead atoms. The average Bonchev–Trinajstić information content (AvgIpc) is 2.90. The molecule has 2 aromatic heterocycles. The minimum Gasteiger partial charge on any atom is -0.496 e. The minimum absolute atomic E-state index is 0.108. The maximum atomic E-state index is 15.0. The molecule has 0 saturated heterocycles. The number of amides is 1. The van der Waals surface area contributed by atoms with Crippen molar-refractivity contribution >= 4 is 22.5 Å². The number of fused-ring (bicyclic) bond motifs is 1. The Morgan fingerprint density at radius 1 is 0.946 bits per heavy atom. The second kappa shape index (κ2) is 11.5. The van der Waals surface area contributed by atoms with Crippen LogP contribution in [0.1, 0.15) is 10.4 Å². The SMILES string of the molecule is CNCCOc1cc2nccc(Oc3c(F)cc(NC(=O)c4cnccc4OC)cc3F)c2cc1OC. The van der Waals surface area contributed by atoms with E-state index in [1.807, 2.05) is 7.05 Å². The van der Waals surface area contributed by atoms with E-state index in [0.717, 1.165) is 12.1 Å². The maximum absolute atomic E-state index is 15.0. The molecule has 4 rings (SSSR count). The highest BCUT2D eigenvalue weighted by Crippen LogP contribution is 2.38. The second-order valence-electron chi connectivity index (χ2n) is 7.68. The Labute approximate surface area is 211 Å². The molecule has 0 fully saturated rings. The zero-order chi connectivity index (χ0) is 26.4. The number of pyridine rings is 2. The Balaban J connectivity index is 1.61. The number of carbonyl (C=O) groups excluding carboxylic acids is 1. The van der Waals surface area contributed by atoms with E-state index in [2.05, 4.69) is 20.6 Å². The highest BCUT2D eigenvalue weighted by atomic mass is 19.1. The molecule has 4 aromatic rings. The van der Waals surface area contributed by atoms with E-state index < -0.39 is 23.3 Å². The van der Waals surface area contributed by atoms with Gasteiger partial charge in [-0.1, -0.05) is 0 Å². The standard InChI is InChI=1S/C26H24F2N4O5/c1-29-8-9-36-24-13-20-16(12-23(24)35-3)22(5-7-31-20)37-25-18(27)10-15(11-19(25)28)32-26(33)17-14-30-6-4-21(17)34-2/h4-7,10-14,29H,8-9H2,1-3H3,(H,32,33). The summed E-state index contributed by atoms with van der Waals surface area (Å²) in [5.41, 5.74) is 0.480. The number of hydrogen-bond acceptors (Lipinski definition) is 8. The van der Waals surface area contributed by atoms with Gasteiger partial charge in [-0.05, 0) is 25.2 Å². The van der Waals surface area contributed by atoms with Gasteiger partial charge in [0, 0.05) is 54.4 Å². The number of anilines is 1. The number of halogens is 2. The molecular formula is C26H24F2N4O5. The molecule has 192 valence electrons. The Kier molecular flexibility index (Phi) is 7.94. The fourth-order valence-electron chi connectivity index (χ4n) is 3.52. The second-order valence-corrected chi connectivity index (χ2v) is 7.68. The van der Waals surface area contributed by atoms with Crippen LogP contribution in [0.25, 0.3) is 10.9 Å². The smallest absolute Gasteiger partial charge is 0.261 e. The summed E-state index contributed by atoms with van der Waals surface area (Å²) in [5, 5.41) is 5.88. The minimum atomic E-state index is -1.02. The topological polar surface area (TPSA) is 104 Å². The van der Waals surface area contributed by atoms with Crippen LogP contribution >= 0.6 is 0 Å². The Hall–Kier alpha value is -4.51. The molecule has 0 atom stereocenters. The highest BCUT2D eigenvalue weighted by molar-refractivity contribution is 6.06. The third kappa shape index (κ3) is 5.67. The molecule has 0 unspecified atom stereocenters. The number of hydrogen-bond donors (Lipinski definition) is 2. The fourth-order valence-corrected chi connectivity index (χ4v) is 3.52. The summed E-state index contributed by atoms with van der Waals surface area (Å²) in [6.45, 7) is 1.03. The van der Waals surface area contributed by atoms with Crippen molar-refractivity contribution in [2.24, 2.45) is 0 Å². The summed E-state index contributed by atoms with van der Waals surface area (Å²) in [6, 6.07) is 8.17. The van der Waals surface area contributed by atoms with Gasteiger partial charge in [0.1, 0.15) is 18.1 Å². The number of likely N-dealkylation sites (N-methyl/N-ethyl adjacent to an activating group) is 1. The van der Waals surface area contributed by atoms with Gasteiger partial charge in [0.15, 0.2) is 28.9 Å². The monoisotopic (exact) mass is 510 g/mol.